The van der Waals surface area contributed by atoms with Crippen molar-refractivity contribution >= 4 is 21.6 Å². The van der Waals surface area contributed by atoms with Crippen molar-refractivity contribution in [3.63, 3.8) is 0 Å². The van der Waals surface area contributed by atoms with Crippen LogP contribution in [0.25, 0.3) is 0 Å². The first-order chi connectivity index (χ1) is 18.0. The third-order valence-corrected chi connectivity index (χ3v) is 6.43. The van der Waals surface area contributed by atoms with Gasteiger partial charge in [-0.1, -0.05) is 12.1 Å². The number of nitrogens with one attached hydrogen (secondary N) is 1. The van der Waals surface area contributed by atoms with E-state index in [0.717, 1.165) is 36.5 Å². The number of nitrogens with zero attached hydrogens (tertiary/aromatic N) is 1. The number of aromatic nitrogens is 1. The van der Waals surface area contributed by atoms with E-state index in [0.29, 0.717) is 6.07 Å². The second-order valence-electron chi connectivity index (χ2n) is 8.21. The maximum absolute atomic E-state index is 15.3. The molecule has 1 unspecified atom stereocenters. The molecule has 208 valence electrons. The lowest BCUT2D eigenvalue weighted by atomic mass is 9.83. The van der Waals surface area contributed by atoms with Gasteiger partial charge in [-0.3, -0.25) is 4.79 Å². The number of hydrogen-bond donors (Lipinski definition) is 2. The minimum absolute atomic E-state index is 0.0301. The van der Waals surface area contributed by atoms with E-state index in [1.807, 2.05) is 0 Å². The third kappa shape index (κ3) is 6.22. The predicted molar refractivity (Wildman–Crippen MR) is 120 cm³/mol. The predicted octanol–water partition coefficient (Wildman–Crippen LogP) is 4.95. The van der Waals surface area contributed by atoms with Crippen LogP contribution in [0.5, 0.6) is 11.5 Å². The van der Waals surface area contributed by atoms with Gasteiger partial charge in [0.05, 0.1) is 17.7 Å². The molecule has 4 rings (SSSR count). The average molecular weight is 579 g/mol. The molecule has 2 aromatic carbocycles. The molecule has 16 heteroatoms. The fraction of sp³-hybridized carbons (Fsp3) is 0.217. The molecule has 1 aromatic heterocycles. The number of carbonyl (C=O) groups excluding carboxylic acids is 1. The van der Waals surface area contributed by atoms with Crippen LogP contribution in [-0.2, 0) is 16.2 Å². The van der Waals surface area contributed by atoms with Gasteiger partial charge in [0.15, 0.2) is 5.03 Å². The van der Waals surface area contributed by atoms with E-state index in [1.165, 1.54) is 6.07 Å². The molecule has 0 bridgehead atoms. The maximum Gasteiger partial charge on any atom is 0.573 e. The van der Waals surface area contributed by atoms with Gasteiger partial charge in [-0.05, 0) is 30.2 Å². The van der Waals surface area contributed by atoms with Crippen molar-refractivity contribution in [1.29, 1.82) is 0 Å². The number of halogens is 7. The fourth-order valence-corrected chi connectivity index (χ4v) is 4.56. The monoisotopic (exact) mass is 579 g/mol. The van der Waals surface area contributed by atoms with Crippen molar-refractivity contribution in [3.8, 4) is 11.5 Å². The number of sulfonamides is 1. The third-order valence-electron chi connectivity index (χ3n) is 5.62. The molecule has 2 heterocycles. The van der Waals surface area contributed by atoms with Gasteiger partial charge in [-0.15, -0.1) is 13.2 Å². The summed E-state index contributed by atoms with van der Waals surface area (Å²) in [6, 6.07) is 6.29. The zero-order valence-electron chi connectivity index (χ0n) is 19.2. The Kier molecular flexibility index (Phi) is 7.20. The molecule has 1 amide bonds. The number of anilines is 1. The highest BCUT2D eigenvalue weighted by Gasteiger charge is 2.39. The number of carbonyl (C=O) groups is 1. The molecule has 1 atom stereocenters. The maximum atomic E-state index is 15.3. The molecule has 3 aromatic rings. The summed E-state index contributed by atoms with van der Waals surface area (Å²) in [5.74, 6) is -4.95. The highest BCUT2D eigenvalue weighted by atomic mass is 32.2. The Morgan fingerprint density at radius 1 is 1.05 bits per heavy atom. The largest absolute Gasteiger partial charge is 0.573 e. The smallest absolute Gasteiger partial charge is 0.493 e. The van der Waals surface area contributed by atoms with E-state index in [1.54, 1.807) is 0 Å². The number of ether oxygens (including phenoxy) is 2. The van der Waals surface area contributed by atoms with Crippen LogP contribution in [0.2, 0.25) is 0 Å². The van der Waals surface area contributed by atoms with Gasteiger partial charge in [-0.2, -0.15) is 13.2 Å². The molecular weight excluding hydrogens is 563 g/mol. The molecule has 0 aliphatic carbocycles. The van der Waals surface area contributed by atoms with Crippen molar-refractivity contribution in [1.82, 2.24) is 4.98 Å². The van der Waals surface area contributed by atoms with E-state index in [9.17, 15) is 39.6 Å². The Morgan fingerprint density at radius 3 is 2.38 bits per heavy atom. The van der Waals surface area contributed by atoms with Crippen LogP contribution in [-0.4, -0.2) is 32.3 Å². The summed E-state index contributed by atoms with van der Waals surface area (Å²) in [6.07, 6.45) is -9.19. The van der Waals surface area contributed by atoms with Crippen molar-refractivity contribution in [2.24, 2.45) is 5.14 Å². The summed E-state index contributed by atoms with van der Waals surface area (Å²) in [7, 11) is -4.31. The first kappa shape index (κ1) is 28.1. The molecule has 0 spiro atoms. The number of pyridine rings is 1. The van der Waals surface area contributed by atoms with Crippen molar-refractivity contribution in [2.45, 2.75) is 29.9 Å². The number of primary sulfonamides is 1. The Balaban J connectivity index is 1.81. The summed E-state index contributed by atoms with van der Waals surface area (Å²) in [4.78, 5) is 16.7. The van der Waals surface area contributed by atoms with Crippen molar-refractivity contribution in [2.75, 3.05) is 11.9 Å². The summed E-state index contributed by atoms with van der Waals surface area (Å²) >= 11 is 0. The zero-order chi connectivity index (χ0) is 28.8. The molecule has 0 saturated heterocycles. The number of benzene rings is 2. The van der Waals surface area contributed by atoms with Gasteiger partial charge >= 0.3 is 12.5 Å². The Morgan fingerprint density at radius 2 is 1.74 bits per heavy atom. The van der Waals surface area contributed by atoms with E-state index >= 15 is 4.39 Å². The van der Waals surface area contributed by atoms with Crippen LogP contribution >= 0.6 is 0 Å². The van der Waals surface area contributed by atoms with Crippen LogP contribution in [0.3, 0.4) is 0 Å². The first-order valence-electron chi connectivity index (χ1n) is 10.8. The quantitative estimate of drug-likeness (QED) is 0.413. The van der Waals surface area contributed by atoms with Crippen LogP contribution in [0.1, 0.15) is 39.4 Å². The van der Waals surface area contributed by atoms with E-state index in [2.05, 4.69) is 15.0 Å². The number of alkyl halides is 6. The fourth-order valence-electron chi connectivity index (χ4n) is 4.06. The van der Waals surface area contributed by atoms with Crippen LogP contribution in [0, 0.1) is 5.82 Å². The van der Waals surface area contributed by atoms with Crippen LogP contribution < -0.4 is 19.9 Å². The molecular formula is C23H16F7N3O5S. The first-order valence-corrected chi connectivity index (χ1v) is 12.3. The standard InChI is InChI=1S/C23H16F7N3O5S/c24-20-16(22(25,26)27)4-3-15(19(20)21(34)33-11-5-7-32-18(9-11)39(31,35)36)13-6-8-37-17-10-12(1-2-14(13)17)38-23(28,29)30/h1-5,7,9-10,13H,6,8H2,(H2,31,35,36)(H,32,33,34). The lowest BCUT2D eigenvalue weighted by Gasteiger charge is -2.28. The normalized spacial score (nSPS) is 15.7. The van der Waals surface area contributed by atoms with Gasteiger partial charge in [0, 0.05) is 35.5 Å². The summed E-state index contributed by atoms with van der Waals surface area (Å²) < 4.78 is 126. The van der Waals surface area contributed by atoms with Gasteiger partial charge < -0.3 is 14.8 Å². The van der Waals surface area contributed by atoms with E-state index in [-0.39, 0.29) is 35.6 Å². The molecule has 1 aliphatic rings. The Bertz CT molecular complexity index is 1540. The van der Waals surface area contributed by atoms with Gasteiger partial charge in [0.25, 0.3) is 15.9 Å². The molecule has 3 N–H and O–H groups in total. The number of hydrogen-bond acceptors (Lipinski definition) is 6. The Labute approximate surface area is 215 Å². The van der Waals surface area contributed by atoms with E-state index < -0.39 is 62.1 Å². The molecule has 0 radical (unpaired) electrons. The molecule has 1 aliphatic heterocycles. The van der Waals surface area contributed by atoms with E-state index in [4.69, 9.17) is 9.88 Å². The summed E-state index contributed by atoms with van der Waals surface area (Å²) in [5, 5.41) is 6.48. The average Bonchev–Trinajstić information content (AvgIpc) is 2.81. The molecule has 8 nitrogen and oxygen atoms in total. The number of nitrogens with two attached hydrogens (primary N) is 1. The minimum atomic E-state index is -5.17. The molecule has 39 heavy (non-hydrogen) atoms. The second-order valence-corrected chi connectivity index (χ2v) is 9.72. The SMILES string of the molecule is NS(=O)(=O)c1cc(NC(=O)c2c(C3CCOc4cc(OC(F)(F)F)ccc43)ccc(C(F)(F)F)c2F)ccn1. The van der Waals surface area contributed by atoms with Gasteiger partial charge in [0.2, 0.25) is 0 Å². The zero-order valence-corrected chi connectivity index (χ0v) is 20.0. The van der Waals surface area contributed by atoms with Crippen molar-refractivity contribution < 1.29 is 53.4 Å². The number of fused-ring (bicyclic) bond motifs is 1. The van der Waals surface area contributed by atoms with Crippen molar-refractivity contribution in [3.05, 3.63) is 76.7 Å². The highest BCUT2D eigenvalue weighted by molar-refractivity contribution is 7.89. The highest BCUT2D eigenvalue weighted by Crippen LogP contribution is 2.44. The lowest BCUT2D eigenvalue weighted by Crippen LogP contribution is -2.24. The van der Waals surface area contributed by atoms with Gasteiger partial charge in [-0.25, -0.2) is 22.9 Å². The topological polar surface area (TPSA) is 121 Å². The minimum Gasteiger partial charge on any atom is -0.493 e. The Hall–Kier alpha value is -3.92. The van der Waals surface area contributed by atoms with Crippen LogP contribution in [0.4, 0.5) is 36.4 Å². The summed E-state index contributed by atoms with van der Waals surface area (Å²) in [6.45, 7) is -0.126. The number of rotatable bonds is 5. The molecule has 0 saturated carbocycles. The summed E-state index contributed by atoms with van der Waals surface area (Å²) in [5.41, 5.74) is -3.05. The lowest BCUT2D eigenvalue weighted by molar-refractivity contribution is -0.274. The second kappa shape index (κ2) is 10.00. The van der Waals surface area contributed by atoms with Gasteiger partial charge in [0.1, 0.15) is 17.3 Å². The number of amides is 1. The molecule has 0 fully saturated rings. The van der Waals surface area contributed by atoms with Crippen LogP contribution in [0.15, 0.2) is 53.7 Å².